The van der Waals surface area contributed by atoms with Gasteiger partial charge in [-0.15, -0.1) is 0 Å². The van der Waals surface area contributed by atoms with Gasteiger partial charge >= 0.3 is 6.09 Å². The van der Waals surface area contributed by atoms with Crippen molar-refractivity contribution in [3.63, 3.8) is 0 Å². The van der Waals surface area contributed by atoms with Gasteiger partial charge in [0.25, 0.3) is 0 Å². The summed E-state index contributed by atoms with van der Waals surface area (Å²) in [5.41, 5.74) is 4.97. The van der Waals surface area contributed by atoms with Crippen LogP contribution in [0.2, 0.25) is 0 Å². The first-order valence-corrected chi connectivity index (χ1v) is 6.45. The Balaban J connectivity index is 2.46. The minimum Gasteiger partial charge on any atom is -0.444 e. The Morgan fingerprint density at radius 3 is 2.29 bits per heavy atom. The minimum absolute atomic E-state index is 0.340. The van der Waals surface area contributed by atoms with Crippen LogP contribution in [-0.2, 0) is 4.74 Å². The van der Waals surface area contributed by atoms with E-state index in [1.165, 1.54) is 19.3 Å². The van der Waals surface area contributed by atoms with Crippen LogP contribution in [0.3, 0.4) is 0 Å². The molecule has 0 aliphatic heterocycles. The van der Waals surface area contributed by atoms with Gasteiger partial charge in [-0.3, -0.25) is 0 Å². The highest BCUT2D eigenvalue weighted by molar-refractivity contribution is 5.68. The molecule has 1 amide bonds. The van der Waals surface area contributed by atoms with Crippen LogP contribution in [0.15, 0.2) is 0 Å². The van der Waals surface area contributed by atoms with E-state index in [4.69, 9.17) is 10.5 Å². The number of nitrogens with one attached hydrogen (secondary N) is 1. The number of rotatable bonds is 4. The molecule has 1 rings (SSSR count). The molecule has 1 atom stereocenters. The van der Waals surface area contributed by atoms with E-state index < -0.39 is 5.60 Å². The number of carbonyl (C=O) groups excluding carboxylic acids is 1. The Morgan fingerprint density at radius 2 is 1.94 bits per heavy atom. The van der Waals surface area contributed by atoms with E-state index >= 15 is 0 Å². The molecule has 3 N–H and O–H groups in total. The second-order valence-corrected chi connectivity index (χ2v) is 6.39. The van der Waals surface area contributed by atoms with Crippen molar-refractivity contribution in [1.29, 1.82) is 0 Å². The van der Waals surface area contributed by atoms with Crippen LogP contribution in [0.5, 0.6) is 0 Å². The summed E-state index contributed by atoms with van der Waals surface area (Å²) in [6.07, 6.45) is 4.39. The lowest BCUT2D eigenvalue weighted by atomic mass is 9.76. The highest BCUT2D eigenvalue weighted by Crippen LogP contribution is 2.33. The van der Waals surface area contributed by atoms with E-state index in [1.54, 1.807) is 0 Å². The van der Waals surface area contributed by atoms with Crippen molar-refractivity contribution in [3.05, 3.63) is 0 Å². The number of ether oxygens (including phenoxy) is 1. The van der Waals surface area contributed by atoms with Crippen LogP contribution in [-0.4, -0.2) is 23.8 Å². The van der Waals surface area contributed by atoms with Gasteiger partial charge in [-0.1, -0.05) is 19.3 Å². The monoisotopic (exact) mass is 242 g/mol. The summed E-state index contributed by atoms with van der Waals surface area (Å²) in [5, 5.41) is 2.91. The van der Waals surface area contributed by atoms with Crippen molar-refractivity contribution in [2.45, 2.75) is 64.5 Å². The van der Waals surface area contributed by atoms with Gasteiger partial charge < -0.3 is 15.8 Å². The lowest BCUT2D eigenvalue weighted by Gasteiger charge is -2.37. The number of alkyl carbamates (subject to hydrolysis) is 1. The number of carbonyl (C=O) groups is 1. The molecule has 1 fully saturated rings. The molecule has 0 radical (unpaired) electrons. The topological polar surface area (TPSA) is 64.3 Å². The average Bonchev–Trinajstić information content (AvgIpc) is 2.08. The molecule has 1 unspecified atom stereocenters. The molecule has 4 heteroatoms. The standard InChI is InChI=1S/C13H26N2O2/c1-12(2,3)17-11(16)15-13(4,9-14)8-10-6-5-7-10/h10H,5-9,14H2,1-4H3,(H,15,16). The number of amides is 1. The Kier molecular flexibility index (Phi) is 4.42. The van der Waals surface area contributed by atoms with Crippen LogP contribution in [0.25, 0.3) is 0 Å². The molecule has 0 saturated heterocycles. The molecule has 0 heterocycles. The summed E-state index contributed by atoms with van der Waals surface area (Å²) in [5.74, 6) is 0.707. The summed E-state index contributed by atoms with van der Waals surface area (Å²) in [4.78, 5) is 11.7. The van der Waals surface area contributed by atoms with Crippen molar-refractivity contribution in [2.75, 3.05) is 6.54 Å². The van der Waals surface area contributed by atoms with E-state index in [0.29, 0.717) is 12.5 Å². The molecule has 1 aliphatic carbocycles. The molecule has 17 heavy (non-hydrogen) atoms. The largest absolute Gasteiger partial charge is 0.444 e. The second kappa shape index (κ2) is 5.25. The van der Waals surface area contributed by atoms with Crippen LogP contribution < -0.4 is 11.1 Å². The van der Waals surface area contributed by atoms with Crippen LogP contribution in [0.1, 0.15) is 53.4 Å². The van der Waals surface area contributed by atoms with Crippen molar-refractivity contribution in [2.24, 2.45) is 11.7 Å². The van der Waals surface area contributed by atoms with E-state index in [0.717, 1.165) is 6.42 Å². The van der Waals surface area contributed by atoms with Crippen molar-refractivity contribution in [3.8, 4) is 0 Å². The Labute approximate surface area is 104 Å². The van der Waals surface area contributed by atoms with Gasteiger partial charge in [0.05, 0.1) is 5.54 Å². The third kappa shape index (κ3) is 4.94. The number of hydrogen-bond donors (Lipinski definition) is 2. The molecule has 4 nitrogen and oxygen atoms in total. The fraction of sp³-hybridized carbons (Fsp3) is 0.923. The fourth-order valence-electron chi connectivity index (χ4n) is 2.07. The Hall–Kier alpha value is -0.770. The first-order chi connectivity index (χ1) is 7.74. The molecule has 0 aromatic heterocycles. The predicted octanol–water partition coefficient (Wildman–Crippen LogP) is 2.42. The predicted molar refractivity (Wildman–Crippen MR) is 68.8 cm³/mol. The SMILES string of the molecule is CC(CN)(CC1CCC1)NC(=O)OC(C)(C)C. The van der Waals surface area contributed by atoms with E-state index in [2.05, 4.69) is 5.32 Å². The summed E-state index contributed by atoms with van der Waals surface area (Å²) >= 11 is 0. The third-order valence-corrected chi connectivity index (χ3v) is 3.22. The first kappa shape index (κ1) is 14.3. The molecular formula is C13H26N2O2. The van der Waals surface area contributed by atoms with E-state index in [-0.39, 0.29) is 11.6 Å². The molecule has 1 aliphatic rings. The van der Waals surface area contributed by atoms with E-state index in [9.17, 15) is 4.79 Å². The lowest BCUT2D eigenvalue weighted by molar-refractivity contribution is 0.0442. The quantitative estimate of drug-likeness (QED) is 0.795. The van der Waals surface area contributed by atoms with Gasteiger partial charge in [0.15, 0.2) is 0 Å². The average molecular weight is 242 g/mol. The van der Waals surface area contributed by atoms with Crippen molar-refractivity contribution in [1.82, 2.24) is 5.32 Å². The summed E-state index contributed by atoms with van der Waals surface area (Å²) < 4.78 is 5.26. The zero-order valence-corrected chi connectivity index (χ0v) is 11.5. The normalized spacial score (nSPS) is 20.3. The summed E-state index contributed by atoms with van der Waals surface area (Å²) in [6.45, 7) is 8.02. The highest BCUT2D eigenvalue weighted by atomic mass is 16.6. The maximum atomic E-state index is 11.7. The van der Waals surface area contributed by atoms with Gasteiger partial charge in [0.1, 0.15) is 5.60 Å². The first-order valence-electron chi connectivity index (χ1n) is 6.45. The maximum absolute atomic E-state index is 11.7. The van der Waals surface area contributed by atoms with Gasteiger partial charge in [0.2, 0.25) is 0 Å². The van der Waals surface area contributed by atoms with E-state index in [1.807, 2.05) is 27.7 Å². The van der Waals surface area contributed by atoms with Gasteiger partial charge in [-0.05, 0) is 40.0 Å². The molecule has 0 aromatic rings. The fourth-order valence-corrected chi connectivity index (χ4v) is 2.07. The Morgan fingerprint density at radius 1 is 1.35 bits per heavy atom. The van der Waals surface area contributed by atoms with Crippen LogP contribution >= 0.6 is 0 Å². The third-order valence-electron chi connectivity index (χ3n) is 3.22. The lowest BCUT2D eigenvalue weighted by Crippen LogP contribution is -2.54. The molecule has 0 bridgehead atoms. The van der Waals surface area contributed by atoms with Gasteiger partial charge in [-0.25, -0.2) is 4.79 Å². The van der Waals surface area contributed by atoms with Gasteiger partial charge in [-0.2, -0.15) is 0 Å². The molecule has 0 aromatic carbocycles. The zero-order chi connectivity index (χ0) is 13.1. The Bertz CT molecular complexity index is 269. The number of nitrogens with two attached hydrogens (primary N) is 1. The highest BCUT2D eigenvalue weighted by Gasteiger charge is 2.32. The second-order valence-electron chi connectivity index (χ2n) is 6.39. The maximum Gasteiger partial charge on any atom is 0.408 e. The summed E-state index contributed by atoms with van der Waals surface area (Å²) in [7, 11) is 0. The minimum atomic E-state index is -0.462. The smallest absolute Gasteiger partial charge is 0.408 e. The van der Waals surface area contributed by atoms with Crippen molar-refractivity contribution < 1.29 is 9.53 Å². The van der Waals surface area contributed by atoms with Gasteiger partial charge in [0, 0.05) is 6.54 Å². The summed E-state index contributed by atoms with van der Waals surface area (Å²) in [6, 6.07) is 0. The molecule has 100 valence electrons. The molecule has 1 saturated carbocycles. The van der Waals surface area contributed by atoms with Crippen LogP contribution in [0.4, 0.5) is 4.79 Å². The zero-order valence-electron chi connectivity index (χ0n) is 11.5. The molecular weight excluding hydrogens is 216 g/mol. The van der Waals surface area contributed by atoms with Crippen molar-refractivity contribution >= 4 is 6.09 Å². The number of hydrogen-bond acceptors (Lipinski definition) is 3. The molecule has 0 spiro atoms. The van der Waals surface area contributed by atoms with Crippen LogP contribution in [0, 0.1) is 5.92 Å².